The van der Waals surface area contributed by atoms with Crippen LogP contribution in [0.4, 0.5) is 0 Å². The van der Waals surface area contributed by atoms with Gasteiger partial charge in [-0.2, -0.15) is 0 Å². The van der Waals surface area contributed by atoms with Crippen LogP contribution < -0.4 is 9.47 Å². The SMILES string of the molecule is COCc1nnc(-c2ccc(-c3cccc(OC)c3)cc2)n1-c1ccc(OC)nc1. The molecule has 0 atom stereocenters. The summed E-state index contributed by atoms with van der Waals surface area (Å²) in [5.41, 5.74) is 3.95. The molecule has 0 radical (unpaired) electrons. The minimum absolute atomic E-state index is 0.334. The van der Waals surface area contributed by atoms with Gasteiger partial charge in [-0.25, -0.2) is 4.98 Å². The van der Waals surface area contributed by atoms with Crippen LogP contribution >= 0.6 is 0 Å². The summed E-state index contributed by atoms with van der Waals surface area (Å²) >= 11 is 0. The average molecular weight is 402 g/mol. The van der Waals surface area contributed by atoms with E-state index in [0.29, 0.717) is 24.1 Å². The summed E-state index contributed by atoms with van der Waals surface area (Å²) in [6, 6.07) is 19.9. The summed E-state index contributed by atoms with van der Waals surface area (Å²) in [7, 11) is 4.89. The molecule has 0 spiro atoms. The summed E-state index contributed by atoms with van der Waals surface area (Å²) in [5, 5.41) is 8.72. The van der Waals surface area contributed by atoms with Crippen molar-refractivity contribution in [3.8, 4) is 39.8 Å². The molecule has 152 valence electrons. The zero-order valence-corrected chi connectivity index (χ0v) is 17.1. The quantitative estimate of drug-likeness (QED) is 0.462. The van der Waals surface area contributed by atoms with Crippen LogP contribution in [-0.4, -0.2) is 41.1 Å². The van der Waals surface area contributed by atoms with E-state index >= 15 is 0 Å². The van der Waals surface area contributed by atoms with Crippen molar-refractivity contribution in [1.29, 1.82) is 0 Å². The van der Waals surface area contributed by atoms with E-state index in [4.69, 9.17) is 14.2 Å². The van der Waals surface area contributed by atoms with Crippen LogP contribution in [0.5, 0.6) is 11.6 Å². The third kappa shape index (κ3) is 3.88. The molecule has 0 aliphatic carbocycles. The number of benzene rings is 2. The van der Waals surface area contributed by atoms with Crippen LogP contribution in [0.25, 0.3) is 28.2 Å². The number of aromatic nitrogens is 4. The van der Waals surface area contributed by atoms with E-state index < -0.39 is 0 Å². The minimum atomic E-state index is 0.334. The Kier molecular flexibility index (Phi) is 5.72. The maximum atomic E-state index is 5.33. The zero-order chi connectivity index (χ0) is 20.9. The van der Waals surface area contributed by atoms with Gasteiger partial charge in [0.15, 0.2) is 11.6 Å². The summed E-state index contributed by atoms with van der Waals surface area (Å²) in [6.45, 7) is 0.334. The monoisotopic (exact) mass is 402 g/mol. The third-order valence-electron chi connectivity index (χ3n) is 4.74. The summed E-state index contributed by atoms with van der Waals surface area (Å²) in [6.07, 6.45) is 1.73. The van der Waals surface area contributed by atoms with Crippen LogP contribution in [-0.2, 0) is 11.3 Å². The average Bonchev–Trinajstić information content (AvgIpc) is 3.23. The minimum Gasteiger partial charge on any atom is -0.497 e. The number of hydrogen-bond acceptors (Lipinski definition) is 6. The molecule has 4 rings (SSSR count). The molecule has 0 saturated carbocycles. The first-order chi connectivity index (χ1) is 14.7. The lowest BCUT2D eigenvalue weighted by molar-refractivity contribution is 0.176. The predicted octanol–water partition coefficient (Wildman–Crippen LogP) is 4.16. The van der Waals surface area contributed by atoms with E-state index in [-0.39, 0.29) is 0 Å². The van der Waals surface area contributed by atoms with Gasteiger partial charge in [0.25, 0.3) is 0 Å². The number of rotatable bonds is 7. The van der Waals surface area contributed by atoms with Crippen molar-refractivity contribution in [2.75, 3.05) is 21.3 Å². The fourth-order valence-electron chi connectivity index (χ4n) is 3.24. The lowest BCUT2D eigenvalue weighted by atomic mass is 10.0. The first-order valence-electron chi connectivity index (χ1n) is 9.42. The van der Waals surface area contributed by atoms with Crippen molar-refractivity contribution in [3.63, 3.8) is 0 Å². The molecule has 2 aromatic heterocycles. The molecule has 30 heavy (non-hydrogen) atoms. The van der Waals surface area contributed by atoms with Gasteiger partial charge in [-0.3, -0.25) is 4.57 Å². The number of nitrogens with zero attached hydrogens (tertiary/aromatic N) is 4. The number of ether oxygens (including phenoxy) is 3. The molecule has 7 nitrogen and oxygen atoms in total. The van der Waals surface area contributed by atoms with E-state index in [0.717, 1.165) is 28.1 Å². The fraction of sp³-hybridized carbons (Fsp3) is 0.174. The van der Waals surface area contributed by atoms with Gasteiger partial charge in [-0.15, -0.1) is 10.2 Å². The van der Waals surface area contributed by atoms with Gasteiger partial charge in [0.05, 0.1) is 26.1 Å². The van der Waals surface area contributed by atoms with Crippen molar-refractivity contribution in [1.82, 2.24) is 19.7 Å². The van der Waals surface area contributed by atoms with Gasteiger partial charge in [0, 0.05) is 18.7 Å². The van der Waals surface area contributed by atoms with Crippen molar-refractivity contribution in [2.24, 2.45) is 0 Å². The Labute approximate surface area is 174 Å². The van der Waals surface area contributed by atoms with Crippen LogP contribution in [0.3, 0.4) is 0 Å². The van der Waals surface area contributed by atoms with Gasteiger partial charge in [-0.05, 0) is 29.3 Å². The number of hydrogen-bond donors (Lipinski definition) is 0. The van der Waals surface area contributed by atoms with E-state index in [9.17, 15) is 0 Å². The molecule has 0 amide bonds. The first-order valence-corrected chi connectivity index (χ1v) is 9.42. The Morgan fingerprint density at radius 2 is 1.60 bits per heavy atom. The zero-order valence-electron chi connectivity index (χ0n) is 17.1. The van der Waals surface area contributed by atoms with Gasteiger partial charge in [-0.1, -0.05) is 36.4 Å². The smallest absolute Gasteiger partial charge is 0.213 e. The van der Waals surface area contributed by atoms with Crippen LogP contribution in [0.15, 0.2) is 66.9 Å². The molecule has 0 unspecified atom stereocenters. The van der Waals surface area contributed by atoms with Crippen molar-refractivity contribution in [2.45, 2.75) is 6.61 Å². The Balaban J connectivity index is 1.73. The lowest BCUT2D eigenvalue weighted by Gasteiger charge is -2.11. The molecule has 0 fully saturated rings. The maximum Gasteiger partial charge on any atom is 0.213 e. The summed E-state index contributed by atoms with van der Waals surface area (Å²) < 4.78 is 17.7. The number of pyridine rings is 1. The molecule has 2 heterocycles. The normalized spacial score (nSPS) is 10.8. The van der Waals surface area contributed by atoms with Crippen molar-refractivity contribution in [3.05, 3.63) is 72.7 Å². The van der Waals surface area contributed by atoms with Crippen molar-refractivity contribution >= 4 is 0 Å². The Hall–Kier alpha value is -3.71. The second-order valence-electron chi connectivity index (χ2n) is 6.58. The van der Waals surface area contributed by atoms with E-state index in [1.165, 1.54) is 0 Å². The highest BCUT2D eigenvalue weighted by Gasteiger charge is 2.16. The molecule has 0 aliphatic rings. The topological polar surface area (TPSA) is 71.3 Å². The third-order valence-corrected chi connectivity index (χ3v) is 4.74. The second-order valence-corrected chi connectivity index (χ2v) is 6.58. The maximum absolute atomic E-state index is 5.33. The molecule has 0 bridgehead atoms. The molecule has 0 saturated heterocycles. The molecule has 0 aliphatic heterocycles. The van der Waals surface area contributed by atoms with Gasteiger partial charge in [0.1, 0.15) is 12.4 Å². The van der Waals surface area contributed by atoms with Crippen LogP contribution in [0.1, 0.15) is 5.82 Å². The highest BCUT2D eigenvalue weighted by atomic mass is 16.5. The first kappa shape index (κ1) is 19.6. The summed E-state index contributed by atoms with van der Waals surface area (Å²) in [4.78, 5) is 4.31. The van der Waals surface area contributed by atoms with Crippen molar-refractivity contribution < 1.29 is 14.2 Å². The van der Waals surface area contributed by atoms with E-state index in [2.05, 4.69) is 33.4 Å². The molecular weight excluding hydrogens is 380 g/mol. The van der Waals surface area contributed by atoms with Gasteiger partial charge < -0.3 is 14.2 Å². The fourth-order valence-corrected chi connectivity index (χ4v) is 3.24. The summed E-state index contributed by atoms with van der Waals surface area (Å²) in [5.74, 6) is 2.78. The standard InChI is InChI=1S/C23H22N4O3/c1-28-15-21-25-26-23(27(21)19-11-12-22(30-3)24-14-19)17-9-7-16(8-10-17)18-5-4-6-20(13-18)29-2/h4-14H,15H2,1-3H3. The molecule has 0 N–H and O–H groups in total. The van der Waals surface area contributed by atoms with Gasteiger partial charge >= 0.3 is 0 Å². The highest BCUT2D eigenvalue weighted by Crippen LogP contribution is 2.28. The second kappa shape index (κ2) is 8.75. The molecule has 4 aromatic rings. The van der Waals surface area contributed by atoms with Gasteiger partial charge in [0.2, 0.25) is 5.88 Å². The van der Waals surface area contributed by atoms with E-state index in [1.54, 1.807) is 27.5 Å². The highest BCUT2D eigenvalue weighted by molar-refractivity contribution is 5.69. The van der Waals surface area contributed by atoms with Crippen LogP contribution in [0, 0.1) is 0 Å². The Bertz CT molecular complexity index is 1120. The van der Waals surface area contributed by atoms with Crippen LogP contribution in [0.2, 0.25) is 0 Å². The lowest BCUT2D eigenvalue weighted by Crippen LogP contribution is -2.05. The van der Waals surface area contributed by atoms with E-state index in [1.807, 2.05) is 47.0 Å². The Morgan fingerprint density at radius 3 is 2.27 bits per heavy atom. The Morgan fingerprint density at radius 1 is 0.800 bits per heavy atom. The predicted molar refractivity (Wildman–Crippen MR) is 114 cm³/mol. The molecule has 2 aromatic carbocycles. The largest absolute Gasteiger partial charge is 0.497 e. The number of methoxy groups -OCH3 is 3. The molecular formula is C23H22N4O3. The molecule has 7 heteroatoms.